The van der Waals surface area contributed by atoms with Crippen LogP contribution in [0.3, 0.4) is 0 Å². The molecular formula is C8H18NO. The Morgan fingerprint density at radius 2 is 1.70 bits per heavy atom. The standard InChI is InChI=1S/C8H18NO/c1-5-7(6-2)9-8(3,4)10/h7,9H,5-6H2,1-4H3. The van der Waals surface area contributed by atoms with Crippen LogP contribution >= 0.6 is 0 Å². The molecule has 1 radical (unpaired) electrons. The third-order valence-electron chi connectivity index (χ3n) is 1.54. The lowest BCUT2D eigenvalue weighted by atomic mass is 10.1. The van der Waals surface area contributed by atoms with E-state index in [1.807, 2.05) is 0 Å². The van der Waals surface area contributed by atoms with Crippen molar-refractivity contribution in [3.05, 3.63) is 0 Å². The molecule has 0 aromatic heterocycles. The molecule has 0 aliphatic carbocycles. The van der Waals surface area contributed by atoms with Gasteiger partial charge in [-0.2, -0.15) is 0 Å². The Bertz CT molecular complexity index is 81.7. The van der Waals surface area contributed by atoms with Crippen LogP contribution in [-0.4, -0.2) is 11.8 Å². The predicted molar refractivity (Wildman–Crippen MR) is 42.3 cm³/mol. The second-order valence-corrected chi connectivity index (χ2v) is 3.17. The highest BCUT2D eigenvalue weighted by molar-refractivity contribution is 4.69. The molecule has 2 heteroatoms. The van der Waals surface area contributed by atoms with Crippen molar-refractivity contribution in [3.63, 3.8) is 0 Å². The molecule has 0 bridgehead atoms. The number of rotatable bonds is 4. The van der Waals surface area contributed by atoms with Gasteiger partial charge in [0, 0.05) is 6.04 Å². The molecule has 61 valence electrons. The van der Waals surface area contributed by atoms with E-state index < -0.39 is 5.72 Å². The maximum atomic E-state index is 11.1. The molecule has 1 N–H and O–H groups in total. The van der Waals surface area contributed by atoms with Crippen LogP contribution in [0, 0.1) is 0 Å². The molecule has 2 nitrogen and oxygen atoms in total. The van der Waals surface area contributed by atoms with Gasteiger partial charge in [-0.05, 0) is 26.7 Å². The van der Waals surface area contributed by atoms with Gasteiger partial charge in [0.1, 0.15) is 5.72 Å². The first kappa shape index (κ1) is 9.92. The van der Waals surface area contributed by atoms with Crippen molar-refractivity contribution < 1.29 is 5.11 Å². The minimum Gasteiger partial charge on any atom is -0.285 e. The normalized spacial score (nSPS) is 12.6. The van der Waals surface area contributed by atoms with Gasteiger partial charge in [-0.15, -0.1) is 0 Å². The smallest absolute Gasteiger partial charge is 0.148 e. The molecule has 0 saturated heterocycles. The third kappa shape index (κ3) is 4.77. The lowest BCUT2D eigenvalue weighted by molar-refractivity contribution is -0.0362. The molecule has 0 aliphatic heterocycles. The second-order valence-electron chi connectivity index (χ2n) is 3.17. The molecule has 0 aromatic carbocycles. The Morgan fingerprint density at radius 1 is 1.30 bits per heavy atom. The molecule has 0 heterocycles. The summed E-state index contributed by atoms with van der Waals surface area (Å²) in [6, 6.07) is 0.382. The van der Waals surface area contributed by atoms with E-state index in [1.54, 1.807) is 13.8 Å². The fourth-order valence-electron chi connectivity index (χ4n) is 0.984. The molecule has 0 saturated carbocycles. The summed E-state index contributed by atoms with van der Waals surface area (Å²) < 4.78 is 0. The fourth-order valence-corrected chi connectivity index (χ4v) is 0.984. The van der Waals surface area contributed by atoms with Gasteiger partial charge in [0.05, 0.1) is 0 Å². The maximum absolute atomic E-state index is 11.1. The van der Waals surface area contributed by atoms with Crippen LogP contribution in [0.1, 0.15) is 40.5 Å². The first-order valence-corrected chi connectivity index (χ1v) is 3.97. The van der Waals surface area contributed by atoms with Crippen molar-refractivity contribution in [2.45, 2.75) is 52.3 Å². The summed E-state index contributed by atoms with van der Waals surface area (Å²) in [6.45, 7) is 7.50. The average molecular weight is 144 g/mol. The van der Waals surface area contributed by atoms with Crippen LogP contribution in [0.2, 0.25) is 0 Å². The van der Waals surface area contributed by atoms with E-state index in [1.165, 1.54) is 0 Å². The first-order chi connectivity index (χ1) is 4.49. The fraction of sp³-hybridized carbons (Fsp3) is 1.00. The second kappa shape index (κ2) is 3.94. The summed E-state index contributed by atoms with van der Waals surface area (Å²) in [7, 11) is 0. The first-order valence-electron chi connectivity index (χ1n) is 3.97. The van der Waals surface area contributed by atoms with Crippen molar-refractivity contribution in [1.82, 2.24) is 5.32 Å². The van der Waals surface area contributed by atoms with Gasteiger partial charge in [0.2, 0.25) is 0 Å². The molecule has 0 amide bonds. The van der Waals surface area contributed by atoms with E-state index in [-0.39, 0.29) is 0 Å². The van der Waals surface area contributed by atoms with Crippen LogP contribution in [0.4, 0.5) is 0 Å². The van der Waals surface area contributed by atoms with Gasteiger partial charge >= 0.3 is 0 Å². The lowest BCUT2D eigenvalue weighted by Gasteiger charge is -2.23. The van der Waals surface area contributed by atoms with Gasteiger partial charge in [0.25, 0.3) is 0 Å². The van der Waals surface area contributed by atoms with Gasteiger partial charge < -0.3 is 0 Å². The Hall–Kier alpha value is -0.0800. The molecule has 0 atom stereocenters. The summed E-state index contributed by atoms with van der Waals surface area (Å²) in [6.07, 6.45) is 2.06. The van der Waals surface area contributed by atoms with Gasteiger partial charge in [0.15, 0.2) is 0 Å². The van der Waals surface area contributed by atoms with E-state index in [0.29, 0.717) is 6.04 Å². The summed E-state index contributed by atoms with van der Waals surface area (Å²) in [5.74, 6) is 0. The molecule has 0 spiro atoms. The molecule has 0 aliphatic rings. The molecular weight excluding hydrogens is 126 g/mol. The topological polar surface area (TPSA) is 31.9 Å². The van der Waals surface area contributed by atoms with Crippen molar-refractivity contribution in [1.29, 1.82) is 0 Å². The Morgan fingerprint density at radius 3 is 1.80 bits per heavy atom. The van der Waals surface area contributed by atoms with E-state index in [2.05, 4.69) is 19.2 Å². The highest BCUT2D eigenvalue weighted by Gasteiger charge is 2.17. The number of hydrogen-bond acceptors (Lipinski definition) is 1. The highest BCUT2D eigenvalue weighted by Crippen LogP contribution is 2.03. The SMILES string of the molecule is CCC(CC)NC(C)(C)[O]. The van der Waals surface area contributed by atoms with E-state index in [0.717, 1.165) is 12.8 Å². The summed E-state index contributed by atoms with van der Waals surface area (Å²) in [4.78, 5) is 0. The van der Waals surface area contributed by atoms with Crippen LogP contribution < -0.4 is 5.32 Å². The minimum atomic E-state index is -0.976. The molecule has 0 rings (SSSR count). The number of nitrogens with one attached hydrogen (secondary N) is 1. The number of hydrogen-bond donors (Lipinski definition) is 1. The zero-order chi connectivity index (χ0) is 8.20. The van der Waals surface area contributed by atoms with Gasteiger partial charge in [-0.1, -0.05) is 13.8 Å². The van der Waals surface area contributed by atoms with Gasteiger partial charge in [-0.25, -0.2) is 5.11 Å². The molecule has 10 heavy (non-hydrogen) atoms. The monoisotopic (exact) mass is 144 g/mol. The Balaban J connectivity index is 3.63. The third-order valence-corrected chi connectivity index (χ3v) is 1.54. The summed E-state index contributed by atoms with van der Waals surface area (Å²) in [5, 5.41) is 14.1. The zero-order valence-electron chi connectivity index (χ0n) is 7.40. The van der Waals surface area contributed by atoms with E-state index in [4.69, 9.17) is 0 Å². The van der Waals surface area contributed by atoms with Gasteiger partial charge in [-0.3, -0.25) is 5.32 Å². The van der Waals surface area contributed by atoms with E-state index >= 15 is 0 Å². The Labute approximate surface area is 63.6 Å². The lowest BCUT2D eigenvalue weighted by Crippen LogP contribution is -2.44. The van der Waals surface area contributed by atoms with Crippen LogP contribution in [0.5, 0.6) is 0 Å². The van der Waals surface area contributed by atoms with Crippen molar-refractivity contribution >= 4 is 0 Å². The minimum absolute atomic E-state index is 0.382. The Kier molecular flexibility index (Phi) is 3.91. The van der Waals surface area contributed by atoms with Crippen LogP contribution in [0.25, 0.3) is 0 Å². The molecule has 0 unspecified atom stereocenters. The summed E-state index contributed by atoms with van der Waals surface area (Å²) in [5.41, 5.74) is -0.976. The quantitative estimate of drug-likeness (QED) is 0.601. The largest absolute Gasteiger partial charge is 0.285 e. The van der Waals surface area contributed by atoms with Crippen molar-refractivity contribution in [2.75, 3.05) is 0 Å². The van der Waals surface area contributed by atoms with Crippen LogP contribution in [0.15, 0.2) is 0 Å². The van der Waals surface area contributed by atoms with Crippen LogP contribution in [-0.2, 0) is 5.11 Å². The highest BCUT2D eigenvalue weighted by atomic mass is 16.3. The van der Waals surface area contributed by atoms with Crippen molar-refractivity contribution in [2.24, 2.45) is 0 Å². The zero-order valence-corrected chi connectivity index (χ0v) is 7.40. The summed E-state index contributed by atoms with van der Waals surface area (Å²) >= 11 is 0. The maximum Gasteiger partial charge on any atom is 0.148 e. The van der Waals surface area contributed by atoms with Crippen molar-refractivity contribution in [3.8, 4) is 0 Å². The molecule has 0 aromatic rings. The predicted octanol–water partition coefficient (Wildman–Crippen LogP) is 1.93. The average Bonchev–Trinajstić information content (AvgIpc) is 1.81. The van der Waals surface area contributed by atoms with E-state index in [9.17, 15) is 5.11 Å². The molecule has 0 fully saturated rings.